The number of aliphatic hydroxyl groups is 23. The molecule has 0 radical (unpaired) electrons. The first-order valence-corrected chi connectivity index (χ1v) is 36.2. The summed E-state index contributed by atoms with van der Waals surface area (Å²) >= 11 is 0. The van der Waals surface area contributed by atoms with Crippen molar-refractivity contribution < 1.29 is 320 Å². The fraction of sp³-hybridized carbons (Fsp3) is 0.985. The summed E-state index contributed by atoms with van der Waals surface area (Å²) in [4.78, 5) is 13.3. The van der Waals surface area contributed by atoms with Gasteiger partial charge in [0.25, 0.3) is 0 Å². The average molecular weight is 1720 g/mol. The van der Waals surface area contributed by atoms with E-state index in [0.717, 1.165) is 13.7 Å². The van der Waals surface area contributed by atoms with Crippen LogP contribution in [0.25, 0.3) is 0 Å². The summed E-state index contributed by atoms with van der Waals surface area (Å²) in [6.45, 7) is -8.50. The van der Waals surface area contributed by atoms with Crippen LogP contribution < -0.4 is 108 Å². The zero-order chi connectivity index (χ0) is 83.2. The van der Waals surface area contributed by atoms with Crippen LogP contribution >= 0.6 is 0 Å². The van der Waals surface area contributed by atoms with Gasteiger partial charge in [-0.2, -0.15) is 7.11 Å². The number of hydrogen-bond donors (Lipinski definition) is 23. The van der Waals surface area contributed by atoms with Crippen LogP contribution in [-0.2, 0) is 90.1 Å². The van der Waals surface area contributed by atoms with Gasteiger partial charge in [0.2, 0.25) is 0 Å². The van der Waals surface area contributed by atoms with Crippen molar-refractivity contribution in [2.24, 2.45) is 10.8 Å². The number of ketones is 1. The van der Waals surface area contributed by atoms with E-state index in [1.165, 1.54) is 0 Å². The quantitative estimate of drug-likeness (QED) is 0.0199. The van der Waals surface area contributed by atoms with Crippen molar-refractivity contribution in [1.82, 2.24) is 0 Å². The zero-order valence-corrected chi connectivity index (χ0v) is 72.1. The molecular formula is C67H142K2O43. The summed E-state index contributed by atoms with van der Waals surface area (Å²) in [6.07, 6.45) is -16.8. The molecule has 0 saturated carbocycles. The molecule has 43 nitrogen and oxygen atoms in total. The van der Waals surface area contributed by atoms with Gasteiger partial charge in [-0.3, -0.25) is 4.79 Å². The molecule has 112 heavy (non-hydrogen) atoms. The molecule has 18 unspecified atom stereocenters. The van der Waals surface area contributed by atoms with Crippen molar-refractivity contribution in [1.29, 1.82) is 0 Å². The molecule has 1 aliphatic heterocycles. The minimum absolute atomic E-state index is 0. The largest absolute Gasteiger partial charge is 1.00 e. The van der Waals surface area contributed by atoms with E-state index < -0.39 is 180 Å². The molecule has 670 valence electrons. The van der Waals surface area contributed by atoms with Gasteiger partial charge in [-0.25, -0.2) is 0 Å². The molecule has 1 fully saturated rings. The van der Waals surface area contributed by atoms with Crippen LogP contribution in [0.2, 0.25) is 0 Å². The molecular weight excluding hydrogens is 1570 g/mol. The molecule has 0 bridgehead atoms. The SMILES string of the molecule is CCC(CO)(CO)CO.CCC(COCC(=O)COCC(COCC(O)COCC(O)CO)OCC(CO)OCC(O)CO)(COCC(O)COCC(O)COCC(O)CO)COCC(COCC(O)COCC(O)CO)OCC(COCC(O)COCC(O)CO)OCC(CO)OCC(O)CO.C[O-].OCC1CO1.[2HH].[3HH].[H-].[K+].[K+]. The third kappa shape index (κ3) is 71.8. The Kier molecular flexibility index (Phi) is 90.4. The third-order valence-corrected chi connectivity index (χ3v) is 15.0. The molecule has 0 spiro atoms. The van der Waals surface area contributed by atoms with E-state index in [0.29, 0.717) is 6.42 Å². The summed E-state index contributed by atoms with van der Waals surface area (Å²) in [6, 6.07) is 0. The van der Waals surface area contributed by atoms with Gasteiger partial charge >= 0.3 is 103 Å². The van der Waals surface area contributed by atoms with Crippen LogP contribution in [0, 0.1) is 10.8 Å². The number of rotatable bonds is 77. The van der Waals surface area contributed by atoms with Gasteiger partial charge in [-0.05, 0) is 12.8 Å². The molecule has 0 aliphatic carbocycles. The van der Waals surface area contributed by atoms with Crippen molar-refractivity contribution in [3.05, 3.63) is 0 Å². The number of carbonyl (C=O) groups excluding carboxylic acids is 1. The summed E-state index contributed by atoms with van der Waals surface area (Å²) in [7, 11) is 0.750. The second-order valence-corrected chi connectivity index (χ2v) is 25.6. The van der Waals surface area contributed by atoms with Crippen molar-refractivity contribution >= 4 is 5.78 Å². The first-order chi connectivity index (χ1) is 52.8. The molecule has 0 aromatic heterocycles. The molecule has 18 atom stereocenters. The van der Waals surface area contributed by atoms with E-state index in [1.807, 2.05) is 6.92 Å². The van der Waals surface area contributed by atoms with E-state index in [4.69, 9.17) is 132 Å². The summed E-state index contributed by atoms with van der Waals surface area (Å²) in [5.41, 5.74) is -1.75. The molecule has 1 rings (SSSR count). The van der Waals surface area contributed by atoms with Crippen LogP contribution in [0.1, 0.15) is 31.0 Å². The number of ether oxygens (including phenoxy) is 18. The van der Waals surface area contributed by atoms with Crippen molar-refractivity contribution in [3.63, 3.8) is 0 Å². The summed E-state index contributed by atoms with van der Waals surface area (Å²) in [5, 5.41) is 227. The van der Waals surface area contributed by atoms with Gasteiger partial charge in [0.15, 0.2) is 5.78 Å². The molecule has 23 N–H and O–H groups in total. The predicted octanol–water partition coefficient (Wildman–Crippen LogP) is -18.7. The molecule has 1 aliphatic rings. The summed E-state index contributed by atoms with van der Waals surface area (Å²) < 4.78 is 101. The fourth-order valence-electron chi connectivity index (χ4n) is 7.86. The van der Waals surface area contributed by atoms with Gasteiger partial charge < -0.3 is 209 Å². The van der Waals surface area contributed by atoms with Gasteiger partial charge in [-0.1, -0.05) is 13.8 Å². The van der Waals surface area contributed by atoms with E-state index in [9.17, 15) is 76.3 Å². The van der Waals surface area contributed by atoms with Gasteiger partial charge in [0.1, 0.15) is 117 Å². The van der Waals surface area contributed by atoms with E-state index in [1.54, 1.807) is 6.92 Å². The first kappa shape index (κ1) is 122. The van der Waals surface area contributed by atoms with Crippen LogP contribution in [0.3, 0.4) is 0 Å². The predicted molar refractivity (Wildman–Crippen MR) is 381 cm³/mol. The number of hydrogen-bond acceptors (Lipinski definition) is 43. The zero-order valence-electron chi connectivity index (χ0n) is 66.9. The van der Waals surface area contributed by atoms with Crippen LogP contribution in [0.4, 0.5) is 0 Å². The maximum Gasteiger partial charge on any atom is 1.00 e. The Hall–Kier alpha value is 1.26. The van der Waals surface area contributed by atoms with Crippen molar-refractivity contribution in [2.45, 2.75) is 130 Å². The molecule has 0 aromatic carbocycles. The minimum Gasteiger partial charge on any atom is -1.00 e. The van der Waals surface area contributed by atoms with Crippen LogP contribution in [-0.4, -0.2) is 512 Å². The van der Waals surface area contributed by atoms with Crippen molar-refractivity contribution in [2.75, 3.05) is 285 Å². The number of epoxide rings is 1. The standard InChI is InChI=1S/C57H114O37.C6H14O3.C3H6O2.CH3O.2K.2H2.H/c1-2-57(37-87-25-50(76)20-82-19-46(72)15-78-11-40(66)3-58,38-88-26-51(77)24-85-30-54(92-34-52(9-64)90-27-44(70)7-62)29-83-21-47(73)16-79-12-41(67)4-59)39-89-33-55(31-84-22-48(74)17-80-13-42(68)5-60)94-36-56(93-35-53(10-65)91-28-45(71)8-63)32-86-23-49(75)18-81-14-43(69)6-61;1-2-6(3-7,4-8)5-9;4-1-3-2-5-3;1-2;;;;;/h40-50,52-56,58-76H,2-39H2,1H3;7-9H,2-5H2,1H3;3-4H,1-2H2;1H3;;;2*1H;/q;;;-1;2*+1;;;-1/i;;;;;;1+2;1+1;. The van der Waals surface area contributed by atoms with Crippen LogP contribution in [0.15, 0.2) is 0 Å². The maximum atomic E-state index is 13.3. The Morgan fingerprint density at radius 2 is 0.554 bits per heavy atom. The first-order valence-electron chi connectivity index (χ1n) is 36.2. The topological polar surface area (TPSA) is 675 Å². The summed E-state index contributed by atoms with van der Waals surface area (Å²) in [5.74, 6) is -0.549. The maximum absolute atomic E-state index is 13.3. The smallest absolute Gasteiger partial charge is 1.00 e. The van der Waals surface area contributed by atoms with Gasteiger partial charge in [-0.15, -0.1) is 0 Å². The Balaban J connectivity index is -0.000000813. The second-order valence-electron chi connectivity index (χ2n) is 25.6. The molecule has 45 heteroatoms. The Bertz CT molecular complexity index is 1950. The third-order valence-electron chi connectivity index (χ3n) is 15.0. The number of Topliss-reactive ketones (excluding diaryl/α,β-unsaturated/α-hetero) is 1. The average Bonchev–Trinajstić information content (AvgIpc) is 1.68. The van der Waals surface area contributed by atoms with E-state index in [-0.39, 0.29) is 324 Å². The number of aliphatic hydroxyl groups excluding tert-OH is 23. The van der Waals surface area contributed by atoms with Crippen LogP contribution in [0.5, 0.6) is 0 Å². The van der Waals surface area contributed by atoms with E-state index >= 15 is 0 Å². The second kappa shape index (κ2) is 83.2. The molecule has 1 saturated heterocycles. The van der Waals surface area contributed by atoms with Gasteiger partial charge in [0.05, 0.1) is 264 Å². The van der Waals surface area contributed by atoms with E-state index in [2.05, 4.69) is 4.74 Å². The molecule has 1 heterocycles. The normalized spacial score (nSPS) is 17.7. The Labute approximate surface area is 744 Å². The monoisotopic (exact) mass is 1720 g/mol. The molecule has 0 amide bonds. The van der Waals surface area contributed by atoms with Crippen molar-refractivity contribution in [3.8, 4) is 0 Å². The Morgan fingerprint density at radius 3 is 0.812 bits per heavy atom. The fourth-order valence-corrected chi connectivity index (χ4v) is 7.86. The van der Waals surface area contributed by atoms with Gasteiger partial charge in [0, 0.05) is 13.7 Å². The molecule has 0 aromatic rings. The Morgan fingerprint density at radius 1 is 0.330 bits per heavy atom. The minimum atomic E-state index is -1.25. The number of carbonyl (C=O) groups is 1.